The van der Waals surface area contributed by atoms with Gasteiger partial charge in [-0.3, -0.25) is 9.59 Å². The van der Waals surface area contributed by atoms with E-state index in [0.717, 1.165) is 21.7 Å². The van der Waals surface area contributed by atoms with Crippen molar-refractivity contribution >= 4 is 39.8 Å². The number of nitrogens with zero attached hydrogens (tertiary/aromatic N) is 1. The zero-order chi connectivity index (χ0) is 19.5. The number of rotatable bonds is 4. The third-order valence-corrected chi connectivity index (χ3v) is 4.17. The van der Waals surface area contributed by atoms with Gasteiger partial charge < -0.3 is 9.15 Å². The molecule has 3 aromatic carbocycles. The van der Waals surface area contributed by atoms with E-state index < -0.39 is 5.91 Å². The summed E-state index contributed by atoms with van der Waals surface area (Å²) in [6, 6.07) is 20.2. The number of benzene rings is 3. The van der Waals surface area contributed by atoms with Crippen molar-refractivity contribution in [3.8, 4) is 5.75 Å². The highest BCUT2D eigenvalue weighted by Gasteiger charge is 2.13. The Morgan fingerprint density at radius 3 is 2.57 bits per heavy atom. The van der Waals surface area contributed by atoms with E-state index in [2.05, 4.69) is 10.5 Å². The molecule has 0 unspecified atom stereocenters. The number of furan rings is 1. The molecule has 0 radical (unpaired) electrons. The first-order valence-corrected chi connectivity index (χ1v) is 8.63. The van der Waals surface area contributed by atoms with Crippen LogP contribution in [0.25, 0.3) is 21.7 Å². The highest BCUT2D eigenvalue weighted by molar-refractivity contribution is 6.08. The van der Waals surface area contributed by atoms with E-state index in [0.29, 0.717) is 11.3 Å². The zero-order valence-corrected chi connectivity index (χ0v) is 15.0. The van der Waals surface area contributed by atoms with E-state index in [1.807, 2.05) is 36.4 Å². The van der Waals surface area contributed by atoms with Crippen LogP contribution in [0.15, 0.2) is 76.2 Å². The van der Waals surface area contributed by atoms with Crippen molar-refractivity contribution in [1.82, 2.24) is 5.43 Å². The molecule has 0 aliphatic rings. The molecule has 1 heterocycles. The van der Waals surface area contributed by atoms with Gasteiger partial charge >= 0.3 is 11.9 Å². The third kappa shape index (κ3) is 3.61. The van der Waals surface area contributed by atoms with Gasteiger partial charge in [0.2, 0.25) is 0 Å². The quantitative estimate of drug-likeness (QED) is 0.251. The predicted molar refractivity (Wildman–Crippen MR) is 107 cm³/mol. The Hall–Kier alpha value is -3.93. The van der Waals surface area contributed by atoms with Crippen LogP contribution in [-0.4, -0.2) is 18.1 Å². The van der Waals surface area contributed by atoms with Gasteiger partial charge in [-0.1, -0.05) is 30.3 Å². The molecule has 1 amide bonds. The minimum atomic E-state index is -0.437. The Balaban J connectivity index is 1.48. The van der Waals surface area contributed by atoms with Gasteiger partial charge in [0, 0.05) is 12.3 Å². The fourth-order valence-corrected chi connectivity index (χ4v) is 2.91. The molecule has 0 aliphatic heterocycles. The molecule has 0 aliphatic carbocycles. The highest BCUT2D eigenvalue weighted by Crippen LogP contribution is 2.28. The monoisotopic (exact) mass is 372 g/mol. The lowest BCUT2D eigenvalue weighted by Crippen LogP contribution is -2.16. The van der Waals surface area contributed by atoms with Gasteiger partial charge in [-0.05, 0) is 52.7 Å². The van der Waals surface area contributed by atoms with Crippen molar-refractivity contribution in [3.63, 3.8) is 0 Å². The largest absolute Gasteiger partial charge is 0.451 e. The molecule has 0 bridgehead atoms. The number of carbonyl (C=O) groups is 2. The SMILES string of the molecule is CC(=O)Oc1ccc(/C=N/NC(=O)c2cc3c(ccc4ccccc43)o2)cc1. The lowest BCUT2D eigenvalue weighted by atomic mass is 10.1. The van der Waals surface area contributed by atoms with E-state index in [4.69, 9.17) is 9.15 Å². The van der Waals surface area contributed by atoms with Crippen molar-refractivity contribution in [2.75, 3.05) is 0 Å². The Bertz CT molecular complexity index is 1210. The first kappa shape index (κ1) is 17.5. The molecule has 0 saturated heterocycles. The number of fused-ring (bicyclic) bond motifs is 3. The molecule has 4 rings (SSSR count). The highest BCUT2D eigenvalue weighted by atomic mass is 16.5. The van der Waals surface area contributed by atoms with Crippen LogP contribution in [0.4, 0.5) is 0 Å². The second kappa shape index (κ2) is 7.36. The minimum Gasteiger partial charge on any atom is -0.451 e. The second-order valence-corrected chi connectivity index (χ2v) is 6.17. The molecule has 4 aromatic rings. The van der Waals surface area contributed by atoms with Crippen LogP contribution in [0.5, 0.6) is 5.75 Å². The summed E-state index contributed by atoms with van der Waals surface area (Å²) >= 11 is 0. The number of hydrogen-bond acceptors (Lipinski definition) is 5. The van der Waals surface area contributed by atoms with Crippen molar-refractivity contribution in [2.45, 2.75) is 6.92 Å². The molecule has 28 heavy (non-hydrogen) atoms. The summed E-state index contributed by atoms with van der Waals surface area (Å²) in [5.74, 6) is -0.183. The normalized spacial score (nSPS) is 11.2. The molecular formula is C22H16N2O4. The first-order valence-electron chi connectivity index (χ1n) is 8.63. The molecule has 6 nitrogen and oxygen atoms in total. The predicted octanol–water partition coefficient (Wildman–Crippen LogP) is 4.28. The minimum absolute atomic E-state index is 0.189. The molecule has 0 spiro atoms. The summed E-state index contributed by atoms with van der Waals surface area (Å²) in [6.45, 7) is 1.34. The van der Waals surface area contributed by atoms with E-state index in [9.17, 15) is 9.59 Å². The molecule has 6 heteroatoms. The summed E-state index contributed by atoms with van der Waals surface area (Å²) in [7, 11) is 0. The Morgan fingerprint density at radius 1 is 1.00 bits per heavy atom. The van der Waals surface area contributed by atoms with Crippen LogP contribution in [0, 0.1) is 0 Å². The zero-order valence-electron chi connectivity index (χ0n) is 15.0. The van der Waals surface area contributed by atoms with Crippen LogP contribution < -0.4 is 10.2 Å². The van der Waals surface area contributed by atoms with Crippen LogP contribution in [0.2, 0.25) is 0 Å². The van der Waals surface area contributed by atoms with Crippen LogP contribution in [0.3, 0.4) is 0 Å². The van der Waals surface area contributed by atoms with Gasteiger partial charge in [0.1, 0.15) is 11.3 Å². The number of hydrazone groups is 1. The fourth-order valence-electron chi connectivity index (χ4n) is 2.91. The smallest absolute Gasteiger partial charge is 0.308 e. The van der Waals surface area contributed by atoms with Crippen LogP contribution in [-0.2, 0) is 4.79 Å². The summed E-state index contributed by atoms with van der Waals surface area (Å²) < 4.78 is 10.6. The average Bonchev–Trinajstić information content (AvgIpc) is 3.14. The number of carbonyl (C=O) groups excluding carboxylic acids is 2. The van der Waals surface area contributed by atoms with Gasteiger partial charge in [0.15, 0.2) is 5.76 Å². The molecular weight excluding hydrogens is 356 g/mol. The standard InChI is InChI=1S/C22H16N2O4/c1-14(25)27-17-9-6-15(7-10-17)13-23-24-22(26)21-12-19-18-5-3-2-4-16(18)8-11-20(19)28-21/h2-13H,1H3,(H,24,26)/b23-13+. The number of nitrogens with one attached hydrogen (secondary N) is 1. The van der Waals surface area contributed by atoms with E-state index in [1.165, 1.54) is 13.1 Å². The number of ether oxygens (including phenoxy) is 1. The fraction of sp³-hybridized carbons (Fsp3) is 0.0455. The number of amides is 1. The maximum absolute atomic E-state index is 12.3. The van der Waals surface area contributed by atoms with Crippen molar-refractivity contribution < 1.29 is 18.7 Å². The van der Waals surface area contributed by atoms with Crippen molar-refractivity contribution in [1.29, 1.82) is 0 Å². The Morgan fingerprint density at radius 2 is 1.79 bits per heavy atom. The van der Waals surface area contributed by atoms with Gasteiger partial charge in [-0.2, -0.15) is 5.10 Å². The third-order valence-electron chi connectivity index (χ3n) is 4.17. The molecule has 0 saturated carbocycles. The van der Waals surface area contributed by atoms with E-state index in [1.54, 1.807) is 30.3 Å². The Kier molecular flexibility index (Phi) is 4.60. The van der Waals surface area contributed by atoms with E-state index >= 15 is 0 Å². The van der Waals surface area contributed by atoms with Crippen LogP contribution in [0.1, 0.15) is 23.0 Å². The van der Waals surface area contributed by atoms with Crippen molar-refractivity contribution in [3.05, 3.63) is 78.1 Å². The van der Waals surface area contributed by atoms with Gasteiger partial charge in [0.25, 0.3) is 0 Å². The molecule has 138 valence electrons. The number of esters is 1. The van der Waals surface area contributed by atoms with Gasteiger partial charge in [-0.15, -0.1) is 0 Å². The summed E-state index contributed by atoms with van der Waals surface area (Å²) in [5.41, 5.74) is 3.84. The Labute approximate surface area is 160 Å². The first-order chi connectivity index (χ1) is 13.6. The maximum Gasteiger partial charge on any atom is 0.308 e. The van der Waals surface area contributed by atoms with Gasteiger partial charge in [0.05, 0.1) is 6.21 Å². The lowest BCUT2D eigenvalue weighted by molar-refractivity contribution is -0.131. The molecule has 0 fully saturated rings. The topological polar surface area (TPSA) is 80.9 Å². The molecule has 1 N–H and O–H groups in total. The summed E-state index contributed by atoms with van der Waals surface area (Å²) in [6.07, 6.45) is 1.49. The second-order valence-electron chi connectivity index (χ2n) is 6.17. The number of hydrogen-bond donors (Lipinski definition) is 1. The van der Waals surface area contributed by atoms with E-state index in [-0.39, 0.29) is 11.7 Å². The summed E-state index contributed by atoms with van der Waals surface area (Å²) in [5, 5.41) is 6.94. The van der Waals surface area contributed by atoms with Crippen molar-refractivity contribution in [2.24, 2.45) is 5.10 Å². The maximum atomic E-state index is 12.3. The van der Waals surface area contributed by atoms with Crippen LogP contribution >= 0.6 is 0 Å². The average molecular weight is 372 g/mol. The summed E-state index contributed by atoms with van der Waals surface area (Å²) in [4.78, 5) is 23.3. The molecule has 1 aromatic heterocycles. The lowest BCUT2D eigenvalue weighted by Gasteiger charge is -2.00. The molecule has 0 atom stereocenters. The van der Waals surface area contributed by atoms with Gasteiger partial charge in [-0.25, -0.2) is 5.43 Å².